The highest BCUT2D eigenvalue weighted by Gasteiger charge is 2.39. The molecule has 0 aliphatic heterocycles. The van der Waals surface area contributed by atoms with Crippen molar-refractivity contribution in [3.05, 3.63) is 0 Å². The largest absolute Gasteiger partial charge is 0.481 e. The van der Waals surface area contributed by atoms with Crippen LogP contribution >= 0.6 is 0 Å². The van der Waals surface area contributed by atoms with Crippen LogP contribution in [0, 0.1) is 29.6 Å². The molecule has 16 nitrogen and oxygen atoms in total. The Labute approximate surface area is 312 Å². The van der Waals surface area contributed by atoms with Crippen molar-refractivity contribution in [1.29, 1.82) is 0 Å². The zero-order valence-corrected chi connectivity index (χ0v) is 32.0. The van der Waals surface area contributed by atoms with Crippen LogP contribution in [0.1, 0.15) is 118 Å². The predicted molar refractivity (Wildman–Crippen MR) is 195 cm³/mol. The van der Waals surface area contributed by atoms with E-state index in [2.05, 4.69) is 26.6 Å². The number of nitrogens with two attached hydrogens (primary N) is 1. The molecule has 302 valence electrons. The van der Waals surface area contributed by atoms with Crippen LogP contribution in [-0.4, -0.2) is 99.7 Å². The zero-order chi connectivity index (χ0) is 39.8. The molecule has 0 aromatic carbocycles. The Hall–Kier alpha value is -3.79. The van der Waals surface area contributed by atoms with Crippen molar-refractivity contribution in [2.75, 3.05) is 6.61 Å². The third-order valence-corrected chi connectivity index (χ3v) is 10.2. The zero-order valence-electron chi connectivity index (χ0n) is 32.0. The summed E-state index contributed by atoms with van der Waals surface area (Å²) in [5.41, 5.74) is 5.38. The number of amides is 6. The van der Waals surface area contributed by atoms with E-state index >= 15 is 0 Å². The number of aliphatic hydroxyl groups is 2. The number of carbonyl (C=O) groups is 7. The number of carboxylic acid groups (broad SMARTS) is 1. The van der Waals surface area contributed by atoms with Gasteiger partial charge in [0.25, 0.3) is 0 Å². The number of primary amides is 1. The fourth-order valence-electron chi connectivity index (χ4n) is 7.53. The summed E-state index contributed by atoms with van der Waals surface area (Å²) >= 11 is 0. The molecule has 2 saturated carbocycles. The van der Waals surface area contributed by atoms with E-state index in [1.165, 1.54) is 6.92 Å². The second-order valence-electron chi connectivity index (χ2n) is 15.7. The Balaban J connectivity index is 2.23. The van der Waals surface area contributed by atoms with Gasteiger partial charge in [0.15, 0.2) is 0 Å². The van der Waals surface area contributed by atoms with Crippen molar-refractivity contribution in [3.8, 4) is 0 Å². The molecule has 0 aromatic rings. The molecular formula is C37H64N6O10. The van der Waals surface area contributed by atoms with Crippen LogP contribution in [-0.2, 0) is 33.6 Å². The number of rotatable bonds is 21. The van der Waals surface area contributed by atoms with Crippen molar-refractivity contribution < 1.29 is 48.9 Å². The van der Waals surface area contributed by atoms with E-state index < -0.39 is 84.8 Å². The second-order valence-corrected chi connectivity index (χ2v) is 15.7. The average Bonchev–Trinajstić information content (AvgIpc) is 3.08. The molecule has 2 rings (SSSR count). The number of aliphatic hydroxyl groups excluding tert-OH is 2. The molecule has 6 atom stereocenters. The van der Waals surface area contributed by atoms with Crippen molar-refractivity contribution >= 4 is 41.4 Å². The molecule has 0 aromatic heterocycles. The van der Waals surface area contributed by atoms with Crippen molar-refractivity contribution in [3.63, 3.8) is 0 Å². The molecule has 0 spiro atoms. The van der Waals surface area contributed by atoms with Gasteiger partial charge in [-0.05, 0) is 69.1 Å². The highest BCUT2D eigenvalue weighted by atomic mass is 16.4. The quantitative estimate of drug-likeness (QED) is 0.0789. The van der Waals surface area contributed by atoms with Crippen molar-refractivity contribution in [2.45, 2.75) is 154 Å². The monoisotopic (exact) mass is 752 g/mol. The lowest BCUT2D eigenvalue weighted by Crippen LogP contribution is -2.62. The maximum atomic E-state index is 14.0. The molecule has 0 saturated heterocycles. The van der Waals surface area contributed by atoms with Crippen LogP contribution in [0.15, 0.2) is 0 Å². The first-order chi connectivity index (χ1) is 24.9. The van der Waals surface area contributed by atoms with Gasteiger partial charge in [-0.1, -0.05) is 66.2 Å². The van der Waals surface area contributed by atoms with Gasteiger partial charge >= 0.3 is 5.97 Å². The maximum Gasteiger partial charge on any atom is 0.305 e. The summed E-state index contributed by atoms with van der Waals surface area (Å²) in [6.45, 7) is 7.60. The first-order valence-corrected chi connectivity index (χ1v) is 19.3. The van der Waals surface area contributed by atoms with Crippen molar-refractivity contribution in [2.24, 2.45) is 35.3 Å². The summed E-state index contributed by atoms with van der Waals surface area (Å²) in [5, 5.41) is 42.2. The Kier molecular flexibility index (Phi) is 19.2. The molecule has 0 heterocycles. The van der Waals surface area contributed by atoms with Crippen LogP contribution < -0.4 is 32.3 Å². The van der Waals surface area contributed by atoms with E-state index in [0.29, 0.717) is 0 Å². The van der Waals surface area contributed by atoms with Gasteiger partial charge < -0.3 is 47.6 Å². The van der Waals surface area contributed by atoms with Gasteiger partial charge in [-0.15, -0.1) is 0 Å². The molecule has 10 N–H and O–H groups in total. The molecule has 2 aliphatic carbocycles. The number of nitrogens with one attached hydrogen (secondary N) is 5. The maximum absolute atomic E-state index is 14.0. The Morgan fingerprint density at radius 1 is 0.585 bits per heavy atom. The third-order valence-electron chi connectivity index (χ3n) is 10.2. The fourth-order valence-corrected chi connectivity index (χ4v) is 7.53. The van der Waals surface area contributed by atoms with Crippen LogP contribution in [0.3, 0.4) is 0 Å². The lowest BCUT2D eigenvalue weighted by Gasteiger charge is -2.37. The predicted octanol–water partition coefficient (Wildman–Crippen LogP) is 0.613. The summed E-state index contributed by atoms with van der Waals surface area (Å²) < 4.78 is 0. The molecule has 16 heteroatoms. The molecule has 6 amide bonds. The van der Waals surface area contributed by atoms with Gasteiger partial charge in [0.05, 0.1) is 19.1 Å². The fraction of sp³-hybridized carbons (Fsp3) is 0.811. The van der Waals surface area contributed by atoms with E-state index in [1.54, 1.807) is 13.8 Å². The number of hydrogen-bond acceptors (Lipinski definition) is 9. The van der Waals surface area contributed by atoms with Gasteiger partial charge in [0.1, 0.15) is 30.2 Å². The second kappa shape index (κ2) is 22.4. The topological polar surface area (TPSA) is 266 Å². The van der Waals surface area contributed by atoms with Crippen molar-refractivity contribution in [1.82, 2.24) is 26.6 Å². The van der Waals surface area contributed by atoms with E-state index in [9.17, 15) is 48.9 Å². The normalized spacial score (nSPS) is 19.0. The SMILES string of the molecule is CC(C)C[C@H](NC(=O)[C@H](CO)NC(=O)[C@@H](NC(=O)[C@H](CC(=O)O)NC(=O)[C@H](CC(C)C)NC(=O)C(C1CCCCC1)C1CCCCC1)[C@@H](C)O)C(N)=O. The van der Waals surface area contributed by atoms with Crippen LogP contribution in [0.2, 0.25) is 0 Å². The van der Waals surface area contributed by atoms with Crippen LogP contribution in [0.25, 0.3) is 0 Å². The van der Waals surface area contributed by atoms with Gasteiger partial charge in [-0.2, -0.15) is 0 Å². The lowest BCUT2D eigenvalue weighted by atomic mass is 9.69. The molecule has 0 radical (unpaired) electrons. The molecule has 53 heavy (non-hydrogen) atoms. The van der Waals surface area contributed by atoms with E-state index in [0.717, 1.165) is 64.2 Å². The highest BCUT2D eigenvalue weighted by Crippen LogP contribution is 2.40. The highest BCUT2D eigenvalue weighted by molar-refractivity contribution is 5.97. The van der Waals surface area contributed by atoms with Gasteiger partial charge in [-0.25, -0.2) is 0 Å². The average molecular weight is 753 g/mol. The van der Waals surface area contributed by atoms with Gasteiger partial charge in [0, 0.05) is 5.92 Å². The summed E-state index contributed by atoms with van der Waals surface area (Å²) in [4.78, 5) is 91.0. The van der Waals surface area contributed by atoms with E-state index in [4.69, 9.17) is 5.73 Å². The van der Waals surface area contributed by atoms with E-state index in [1.807, 2.05) is 13.8 Å². The smallest absolute Gasteiger partial charge is 0.305 e. The first kappa shape index (κ1) is 45.4. The number of carboxylic acids is 1. The number of carbonyl (C=O) groups excluding carboxylic acids is 6. The number of aliphatic carboxylic acids is 1. The number of hydrogen-bond donors (Lipinski definition) is 9. The van der Waals surface area contributed by atoms with Gasteiger partial charge in [-0.3, -0.25) is 33.6 Å². The lowest BCUT2D eigenvalue weighted by molar-refractivity contribution is -0.142. The molecular weight excluding hydrogens is 688 g/mol. The Morgan fingerprint density at radius 2 is 1.00 bits per heavy atom. The summed E-state index contributed by atoms with van der Waals surface area (Å²) in [6.07, 6.45) is 8.22. The minimum Gasteiger partial charge on any atom is -0.481 e. The first-order valence-electron chi connectivity index (χ1n) is 19.3. The Bertz CT molecular complexity index is 1230. The summed E-state index contributed by atoms with van der Waals surface area (Å²) in [6, 6.07) is -7.22. The molecule has 2 aliphatic rings. The van der Waals surface area contributed by atoms with Crippen LogP contribution in [0.5, 0.6) is 0 Å². The standard InChI is InChI=1S/C37H64N6O10/c1-20(2)16-25(32(38)48)39-35(51)28(19-44)42-37(53)31(22(5)45)43-34(50)27(18-29(46)47)40-33(49)26(17-21(3)4)41-36(52)30(23-12-8-6-9-13-23)24-14-10-7-11-15-24/h20-28,30-31,44-45H,6-19H2,1-5H3,(H2,38,48)(H,39,51)(H,40,49)(H,41,52)(H,42,53)(H,43,50)(H,46,47)/t22-,25+,26+,27+,28+,31+/m1/s1. The minimum absolute atomic E-state index is 0.0269. The Morgan fingerprint density at radius 3 is 1.43 bits per heavy atom. The molecule has 0 unspecified atom stereocenters. The molecule has 0 bridgehead atoms. The summed E-state index contributed by atoms with van der Waals surface area (Å²) in [5.74, 6) is -6.29. The minimum atomic E-state index is -1.75. The van der Waals surface area contributed by atoms with E-state index in [-0.39, 0.29) is 48.3 Å². The van der Waals surface area contributed by atoms with Gasteiger partial charge in [0.2, 0.25) is 35.4 Å². The third kappa shape index (κ3) is 15.2. The molecule has 2 fully saturated rings. The van der Waals surface area contributed by atoms with Crippen LogP contribution in [0.4, 0.5) is 0 Å². The summed E-state index contributed by atoms with van der Waals surface area (Å²) in [7, 11) is 0.